The van der Waals surface area contributed by atoms with E-state index in [4.69, 9.17) is 4.74 Å². The fourth-order valence-corrected chi connectivity index (χ4v) is 5.73. The Labute approximate surface area is 139 Å². The lowest BCUT2D eigenvalue weighted by Crippen LogP contribution is -2.37. The van der Waals surface area contributed by atoms with Crippen molar-refractivity contribution in [2.24, 2.45) is 3.77 Å². The summed E-state index contributed by atoms with van der Waals surface area (Å²) in [5, 5.41) is 0. The van der Waals surface area contributed by atoms with E-state index >= 15 is 0 Å². The number of ether oxygens (including phenoxy) is 1. The summed E-state index contributed by atoms with van der Waals surface area (Å²) in [5.41, 5.74) is 0. The molecule has 0 amide bonds. The van der Waals surface area contributed by atoms with Gasteiger partial charge in [-0.2, -0.15) is 8.42 Å². The first kappa shape index (κ1) is 16.3. The molecule has 5 nitrogen and oxygen atoms in total. The van der Waals surface area contributed by atoms with E-state index in [0.29, 0.717) is 26.3 Å². The van der Waals surface area contributed by atoms with Gasteiger partial charge < -0.3 is 4.74 Å². The van der Waals surface area contributed by atoms with Gasteiger partial charge in [-0.25, -0.2) is 4.31 Å². The summed E-state index contributed by atoms with van der Waals surface area (Å²) in [6.45, 7) is 2.53. The molecule has 0 saturated carbocycles. The summed E-state index contributed by atoms with van der Waals surface area (Å²) in [6, 6.07) is 17.9. The minimum Gasteiger partial charge on any atom is -0.379 e. The number of benzene rings is 2. The van der Waals surface area contributed by atoms with Gasteiger partial charge in [0.1, 0.15) is 0 Å². The minimum absolute atomic E-state index is 0.224. The van der Waals surface area contributed by atoms with Crippen molar-refractivity contribution in [1.82, 2.24) is 4.31 Å². The van der Waals surface area contributed by atoms with Crippen LogP contribution in [0.25, 0.3) is 0 Å². The van der Waals surface area contributed by atoms with E-state index in [-0.39, 0.29) is 4.90 Å². The quantitative estimate of drug-likeness (QED) is 0.850. The van der Waals surface area contributed by atoms with Crippen molar-refractivity contribution in [3.05, 3.63) is 60.7 Å². The molecule has 122 valence electrons. The van der Waals surface area contributed by atoms with Gasteiger partial charge in [0.05, 0.1) is 18.1 Å². The zero-order valence-corrected chi connectivity index (χ0v) is 14.2. The number of hydrogen-bond acceptors (Lipinski definition) is 3. The molecular formula is C16H18N2O3S2. The fourth-order valence-electron chi connectivity index (χ4n) is 2.23. The zero-order chi connectivity index (χ0) is 16.1. The topological polar surface area (TPSA) is 59.0 Å². The molecule has 1 heterocycles. The maximum atomic E-state index is 12.6. The number of hydrogen-bond donors (Lipinski definition) is 0. The number of nitrogens with zero attached hydrogens (tertiary/aromatic N) is 2. The molecule has 1 saturated heterocycles. The highest BCUT2D eigenvalue weighted by atomic mass is 32.3. The Balaban J connectivity index is 2.04. The van der Waals surface area contributed by atoms with Crippen molar-refractivity contribution in [2.75, 3.05) is 26.3 Å². The normalized spacial score (nSPS) is 17.9. The summed E-state index contributed by atoms with van der Waals surface area (Å²) in [4.78, 5) is 1.12. The Morgan fingerprint density at radius 2 is 1.48 bits per heavy atom. The Morgan fingerprint density at radius 1 is 0.913 bits per heavy atom. The van der Waals surface area contributed by atoms with Gasteiger partial charge in [-0.15, -0.1) is 3.77 Å². The van der Waals surface area contributed by atoms with Crippen molar-refractivity contribution in [3.8, 4) is 0 Å². The fraction of sp³-hybridized carbons (Fsp3) is 0.250. The van der Waals surface area contributed by atoms with Gasteiger partial charge >= 0.3 is 0 Å². The molecule has 2 aromatic carbocycles. The third kappa shape index (κ3) is 4.06. The van der Waals surface area contributed by atoms with Crippen molar-refractivity contribution in [1.29, 1.82) is 0 Å². The minimum atomic E-state index is -3.70. The van der Waals surface area contributed by atoms with E-state index in [1.54, 1.807) is 30.3 Å². The van der Waals surface area contributed by atoms with E-state index in [0.717, 1.165) is 4.90 Å². The van der Waals surface area contributed by atoms with Crippen LogP contribution in [0.15, 0.2) is 74.2 Å². The predicted octanol–water partition coefficient (Wildman–Crippen LogP) is 2.48. The lowest BCUT2D eigenvalue weighted by molar-refractivity contribution is 0.0764. The van der Waals surface area contributed by atoms with Crippen molar-refractivity contribution in [2.45, 2.75) is 9.79 Å². The molecule has 0 N–H and O–H groups in total. The van der Waals surface area contributed by atoms with Crippen LogP contribution in [0.4, 0.5) is 0 Å². The molecule has 0 spiro atoms. The Bertz CT molecular complexity index is 771. The second-order valence-corrected chi connectivity index (χ2v) is 8.52. The zero-order valence-electron chi connectivity index (χ0n) is 12.5. The highest BCUT2D eigenvalue weighted by Crippen LogP contribution is 2.20. The molecule has 7 heteroatoms. The van der Waals surface area contributed by atoms with Gasteiger partial charge in [-0.05, 0) is 24.3 Å². The molecule has 1 atom stereocenters. The second kappa shape index (κ2) is 7.35. The van der Waals surface area contributed by atoms with Crippen LogP contribution in [0.3, 0.4) is 0 Å². The maximum Gasteiger partial charge on any atom is 0.289 e. The molecular weight excluding hydrogens is 332 g/mol. The third-order valence-corrected chi connectivity index (χ3v) is 7.14. The molecule has 1 aliphatic heterocycles. The van der Waals surface area contributed by atoms with Gasteiger partial charge in [0.2, 0.25) is 0 Å². The molecule has 0 bridgehead atoms. The molecule has 0 radical (unpaired) electrons. The van der Waals surface area contributed by atoms with Crippen molar-refractivity contribution >= 4 is 20.9 Å². The largest absolute Gasteiger partial charge is 0.379 e. The molecule has 23 heavy (non-hydrogen) atoms. The smallest absolute Gasteiger partial charge is 0.289 e. The van der Waals surface area contributed by atoms with Gasteiger partial charge in [-0.3, -0.25) is 0 Å². The van der Waals surface area contributed by atoms with Gasteiger partial charge in [0.25, 0.3) is 10.0 Å². The van der Waals surface area contributed by atoms with Crippen LogP contribution < -0.4 is 0 Å². The Morgan fingerprint density at radius 3 is 2.09 bits per heavy atom. The average molecular weight is 350 g/mol. The van der Waals surface area contributed by atoms with E-state index < -0.39 is 20.9 Å². The highest BCUT2D eigenvalue weighted by Gasteiger charge is 2.21. The van der Waals surface area contributed by atoms with Crippen LogP contribution >= 0.6 is 0 Å². The lowest BCUT2D eigenvalue weighted by atomic mass is 10.4. The standard InChI is InChI=1S/C16H18N2O3S2/c19-23(20,16-9-5-2-6-10-16)17-22(15-7-3-1-4-8-15)18-11-13-21-14-12-18/h1-10H,11-14H2. The molecule has 1 fully saturated rings. The first-order valence-corrected chi connectivity index (χ1v) is 9.90. The van der Waals surface area contributed by atoms with Gasteiger partial charge in [0, 0.05) is 28.9 Å². The van der Waals surface area contributed by atoms with Crippen LogP contribution in [0.2, 0.25) is 0 Å². The van der Waals surface area contributed by atoms with E-state index in [2.05, 4.69) is 8.07 Å². The molecule has 1 unspecified atom stereocenters. The van der Waals surface area contributed by atoms with Crippen LogP contribution in [0, 0.1) is 0 Å². The summed E-state index contributed by atoms with van der Waals surface area (Å²) in [5.74, 6) is 0. The van der Waals surface area contributed by atoms with Crippen LogP contribution in [-0.2, 0) is 25.6 Å². The van der Waals surface area contributed by atoms with Gasteiger partial charge in [-0.1, -0.05) is 36.4 Å². The molecule has 2 aromatic rings. The Hall–Kier alpha value is -1.54. The predicted molar refractivity (Wildman–Crippen MR) is 90.5 cm³/mol. The van der Waals surface area contributed by atoms with E-state index in [1.165, 1.54) is 0 Å². The molecule has 0 aromatic heterocycles. The first-order valence-electron chi connectivity index (χ1n) is 7.32. The number of sulfonamides is 1. The molecule has 1 aliphatic rings. The molecule has 3 rings (SSSR count). The first-order chi connectivity index (χ1) is 11.2. The van der Waals surface area contributed by atoms with E-state index in [9.17, 15) is 8.42 Å². The lowest BCUT2D eigenvalue weighted by Gasteiger charge is -2.28. The average Bonchev–Trinajstić information content (AvgIpc) is 2.62. The monoisotopic (exact) mass is 350 g/mol. The highest BCUT2D eigenvalue weighted by molar-refractivity contribution is 7.99. The molecule has 0 aliphatic carbocycles. The van der Waals surface area contributed by atoms with Crippen molar-refractivity contribution in [3.63, 3.8) is 0 Å². The second-order valence-electron chi connectivity index (χ2n) is 4.98. The number of rotatable bonds is 4. The summed E-state index contributed by atoms with van der Waals surface area (Å²) >= 11 is 0. The van der Waals surface area contributed by atoms with Crippen LogP contribution in [0.5, 0.6) is 0 Å². The van der Waals surface area contributed by atoms with Crippen LogP contribution in [-0.4, -0.2) is 39.0 Å². The number of morpholine rings is 1. The van der Waals surface area contributed by atoms with E-state index in [1.807, 2.05) is 30.3 Å². The maximum absolute atomic E-state index is 12.6. The third-order valence-electron chi connectivity index (χ3n) is 3.38. The van der Waals surface area contributed by atoms with Gasteiger partial charge in [0.15, 0.2) is 0 Å². The van der Waals surface area contributed by atoms with Crippen molar-refractivity contribution < 1.29 is 13.2 Å². The summed E-state index contributed by atoms with van der Waals surface area (Å²) in [7, 11) is -4.56. The Kier molecular flexibility index (Phi) is 5.22. The SMILES string of the molecule is O=S(=O)(/N=S(\c1ccccc1)N1CCOCC1)c1ccccc1. The van der Waals surface area contributed by atoms with Crippen LogP contribution in [0.1, 0.15) is 0 Å². The summed E-state index contributed by atoms with van der Waals surface area (Å²) in [6.07, 6.45) is 0. The summed E-state index contributed by atoms with van der Waals surface area (Å²) < 4.78 is 37.0.